The van der Waals surface area contributed by atoms with Crippen LogP contribution in [0.3, 0.4) is 0 Å². The summed E-state index contributed by atoms with van der Waals surface area (Å²) < 4.78 is 2.44. The van der Waals surface area contributed by atoms with E-state index < -0.39 is 5.54 Å². The van der Waals surface area contributed by atoms with Gasteiger partial charge in [-0.25, -0.2) is 0 Å². The van der Waals surface area contributed by atoms with E-state index in [0.717, 1.165) is 44.1 Å². The zero-order valence-corrected chi connectivity index (χ0v) is 16.2. The number of rotatable bonds is 5. The Bertz CT molecular complexity index is 645. The third kappa shape index (κ3) is 3.64. The number of carbonyl (C=O) groups is 1. The number of hydrogen-bond acceptors (Lipinski definition) is 5. The summed E-state index contributed by atoms with van der Waals surface area (Å²) in [4.78, 5) is 16.8. The van der Waals surface area contributed by atoms with Crippen molar-refractivity contribution < 1.29 is 4.79 Å². The minimum Gasteiger partial charge on any atom is -0.341 e. The first-order valence-electron chi connectivity index (χ1n) is 10.2. The molecule has 3 heterocycles. The highest BCUT2D eigenvalue weighted by Crippen LogP contribution is 2.40. The number of nitrogens with two attached hydrogens (primary N) is 1. The molecule has 1 aliphatic carbocycles. The van der Waals surface area contributed by atoms with Gasteiger partial charge in [0.15, 0.2) is 0 Å². The third-order valence-electron chi connectivity index (χ3n) is 5.97. The SMILES string of the molecule is CC(C)(N)C(=O)N1CCC(c2nnc(CN3CCCC3)n2C2CC2)CC1. The van der Waals surface area contributed by atoms with Gasteiger partial charge in [-0.15, -0.1) is 10.2 Å². The van der Waals surface area contributed by atoms with Crippen LogP contribution in [-0.4, -0.2) is 62.2 Å². The van der Waals surface area contributed by atoms with Crippen molar-refractivity contribution in [2.24, 2.45) is 5.73 Å². The van der Waals surface area contributed by atoms with Gasteiger partial charge in [0, 0.05) is 25.0 Å². The summed E-state index contributed by atoms with van der Waals surface area (Å²) in [5, 5.41) is 9.20. The van der Waals surface area contributed by atoms with Crippen LogP contribution in [0.15, 0.2) is 0 Å². The molecule has 0 radical (unpaired) electrons. The molecule has 0 atom stereocenters. The van der Waals surface area contributed by atoms with Crippen LogP contribution >= 0.6 is 0 Å². The largest absolute Gasteiger partial charge is 0.341 e. The molecule has 2 N–H and O–H groups in total. The molecule has 1 saturated carbocycles. The Labute approximate surface area is 155 Å². The molecule has 2 aliphatic heterocycles. The summed E-state index contributed by atoms with van der Waals surface area (Å²) in [5.41, 5.74) is 5.20. The van der Waals surface area contributed by atoms with E-state index in [1.165, 1.54) is 38.8 Å². The van der Waals surface area contributed by atoms with Crippen LogP contribution in [0.25, 0.3) is 0 Å². The van der Waals surface area contributed by atoms with Crippen molar-refractivity contribution >= 4 is 5.91 Å². The van der Waals surface area contributed by atoms with Gasteiger partial charge in [0.25, 0.3) is 0 Å². The normalized spacial score (nSPS) is 23.0. The molecule has 3 fully saturated rings. The number of aromatic nitrogens is 3. The van der Waals surface area contributed by atoms with Crippen LogP contribution in [-0.2, 0) is 11.3 Å². The molecule has 1 aromatic rings. The molecule has 1 amide bonds. The highest BCUT2D eigenvalue weighted by atomic mass is 16.2. The summed E-state index contributed by atoms with van der Waals surface area (Å²) in [5.74, 6) is 2.75. The quantitative estimate of drug-likeness (QED) is 0.864. The second kappa shape index (κ2) is 6.93. The lowest BCUT2D eigenvalue weighted by Gasteiger charge is -2.35. The Kier molecular flexibility index (Phi) is 4.77. The van der Waals surface area contributed by atoms with Gasteiger partial charge in [-0.1, -0.05) is 0 Å². The van der Waals surface area contributed by atoms with E-state index in [2.05, 4.69) is 19.7 Å². The highest BCUT2D eigenvalue weighted by molar-refractivity contribution is 5.85. The molecule has 4 rings (SSSR count). The van der Waals surface area contributed by atoms with Crippen molar-refractivity contribution in [3.05, 3.63) is 11.6 Å². The van der Waals surface area contributed by atoms with E-state index in [0.29, 0.717) is 12.0 Å². The van der Waals surface area contributed by atoms with Gasteiger partial charge in [0.2, 0.25) is 5.91 Å². The first-order chi connectivity index (χ1) is 12.4. The second-order valence-electron chi connectivity index (χ2n) is 8.85. The van der Waals surface area contributed by atoms with Gasteiger partial charge in [-0.2, -0.15) is 0 Å². The van der Waals surface area contributed by atoms with Gasteiger partial charge >= 0.3 is 0 Å². The van der Waals surface area contributed by atoms with Gasteiger partial charge < -0.3 is 15.2 Å². The zero-order chi connectivity index (χ0) is 18.3. The van der Waals surface area contributed by atoms with E-state index in [1.807, 2.05) is 4.90 Å². The maximum absolute atomic E-state index is 12.4. The van der Waals surface area contributed by atoms with E-state index in [1.54, 1.807) is 13.8 Å². The molecule has 144 valence electrons. The fourth-order valence-electron chi connectivity index (χ4n) is 4.34. The Morgan fingerprint density at radius 1 is 1.08 bits per heavy atom. The molecule has 0 unspecified atom stereocenters. The van der Waals surface area contributed by atoms with Crippen molar-refractivity contribution in [2.45, 2.75) is 76.4 Å². The smallest absolute Gasteiger partial charge is 0.242 e. The highest BCUT2D eigenvalue weighted by Gasteiger charge is 2.36. The Balaban J connectivity index is 1.45. The summed E-state index contributed by atoms with van der Waals surface area (Å²) in [6.45, 7) is 8.41. The van der Waals surface area contributed by atoms with E-state index in [9.17, 15) is 4.79 Å². The molecule has 7 nitrogen and oxygen atoms in total. The van der Waals surface area contributed by atoms with Gasteiger partial charge in [-0.05, 0) is 65.5 Å². The molecule has 3 aliphatic rings. The number of likely N-dealkylation sites (tertiary alicyclic amines) is 2. The summed E-state index contributed by atoms with van der Waals surface area (Å²) in [7, 11) is 0. The van der Waals surface area contributed by atoms with E-state index in [-0.39, 0.29) is 5.91 Å². The Hall–Kier alpha value is -1.47. The Morgan fingerprint density at radius 2 is 1.73 bits per heavy atom. The van der Waals surface area contributed by atoms with Crippen LogP contribution in [0, 0.1) is 0 Å². The average molecular weight is 361 g/mol. The first-order valence-corrected chi connectivity index (χ1v) is 10.2. The number of amides is 1. The number of hydrogen-bond donors (Lipinski definition) is 1. The molecule has 2 saturated heterocycles. The Morgan fingerprint density at radius 3 is 2.31 bits per heavy atom. The lowest BCUT2D eigenvalue weighted by atomic mass is 9.94. The predicted octanol–water partition coefficient (Wildman–Crippen LogP) is 1.65. The van der Waals surface area contributed by atoms with Crippen molar-refractivity contribution in [1.82, 2.24) is 24.6 Å². The van der Waals surface area contributed by atoms with Crippen molar-refractivity contribution in [3.63, 3.8) is 0 Å². The van der Waals surface area contributed by atoms with Gasteiger partial charge in [-0.3, -0.25) is 9.69 Å². The van der Waals surface area contributed by atoms with Crippen molar-refractivity contribution in [1.29, 1.82) is 0 Å². The lowest BCUT2D eigenvalue weighted by molar-refractivity contribution is -0.136. The fourth-order valence-corrected chi connectivity index (χ4v) is 4.34. The lowest BCUT2D eigenvalue weighted by Crippen LogP contribution is -2.53. The molecule has 26 heavy (non-hydrogen) atoms. The molecule has 7 heteroatoms. The minimum absolute atomic E-state index is 0.0503. The van der Waals surface area contributed by atoms with Gasteiger partial charge in [0.1, 0.15) is 11.6 Å². The van der Waals surface area contributed by atoms with Crippen LogP contribution in [0.5, 0.6) is 0 Å². The molecule has 0 spiro atoms. The summed E-state index contributed by atoms with van der Waals surface area (Å²) in [6.07, 6.45) is 7.00. The van der Waals surface area contributed by atoms with Crippen LogP contribution < -0.4 is 5.73 Å². The topological polar surface area (TPSA) is 80.3 Å². The first kappa shape index (κ1) is 17.9. The van der Waals surface area contributed by atoms with E-state index in [4.69, 9.17) is 5.73 Å². The zero-order valence-electron chi connectivity index (χ0n) is 16.2. The van der Waals surface area contributed by atoms with Crippen LogP contribution in [0.4, 0.5) is 0 Å². The maximum atomic E-state index is 12.4. The fraction of sp³-hybridized carbons (Fsp3) is 0.842. The molecule has 1 aromatic heterocycles. The van der Waals surface area contributed by atoms with Gasteiger partial charge in [0.05, 0.1) is 12.1 Å². The average Bonchev–Trinajstić information content (AvgIpc) is 3.15. The summed E-state index contributed by atoms with van der Waals surface area (Å²) >= 11 is 0. The third-order valence-corrected chi connectivity index (χ3v) is 5.97. The van der Waals surface area contributed by atoms with Crippen LogP contribution in [0.2, 0.25) is 0 Å². The number of carbonyl (C=O) groups excluding carboxylic acids is 1. The standard InChI is InChI=1S/C19H32N6O/c1-19(2,20)18(26)24-11-7-14(8-12-24)17-22-21-16(25(17)15-5-6-15)13-23-9-3-4-10-23/h14-15H,3-13,20H2,1-2H3. The van der Waals surface area contributed by atoms with Crippen molar-refractivity contribution in [3.8, 4) is 0 Å². The van der Waals surface area contributed by atoms with Crippen molar-refractivity contribution in [2.75, 3.05) is 26.2 Å². The van der Waals surface area contributed by atoms with Crippen LogP contribution in [0.1, 0.15) is 76.0 Å². The second-order valence-corrected chi connectivity index (χ2v) is 8.85. The predicted molar refractivity (Wildman–Crippen MR) is 99.6 cm³/mol. The molecule has 0 bridgehead atoms. The number of nitrogens with zero attached hydrogens (tertiary/aromatic N) is 5. The number of piperidine rings is 1. The summed E-state index contributed by atoms with van der Waals surface area (Å²) in [6, 6.07) is 0.597. The maximum Gasteiger partial charge on any atom is 0.242 e. The minimum atomic E-state index is -0.788. The molecular weight excluding hydrogens is 328 g/mol. The molecular formula is C19H32N6O. The molecule has 0 aromatic carbocycles. The van der Waals surface area contributed by atoms with E-state index >= 15 is 0 Å². The monoisotopic (exact) mass is 360 g/mol.